The lowest BCUT2D eigenvalue weighted by molar-refractivity contribution is 0.103. The minimum absolute atomic E-state index is 0.0291. The number of hydrogen-bond donors (Lipinski definition) is 3. The van der Waals surface area contributed by atoms with Gasteiger partial charge in [-0.25, -0.2) is 18.5 Å². The van der Waals surface area contributed by atoms with Crippen LogP contribution in [0.1, 0.15) is 9.67 Å². The summed E-state index contributed by atoms with van der Waals surface area (Å²) < 4.78 is 25.0. The molecule has 10 heteroatoms. The molecule has 0 radical (unpaired) electrons. The number of benzene rings is 3. The van der Waals surface area contributed by atoms with Gasteiger partial charge >= 0.3 is 0 Å². The Balaban J connectivity index is 1.76. The molecule has 0 aliphatic rings. The highest BCUT2D eigenvalue weighted by Crippen LogP contribution is 2.35. The zero-order valence-electron chi connectivity index (χ0n) is 16.4. The minimum atomic E-state index is -3.96. The molecule has 0 fully saturated rings. The van der Waals surface area contributed by atoms with E-state index in [9.17, 15) is 13.2 Å². The lowest BCUT2D eigenvalue weighted by Crippen LogP contribution is -2.15. The normalized spacial score (nSPS) is 11.3. The Hall–Kier alpha value is -3.05. The van der Waals surface area contributed by atoms with E-state index in [1.54, 1.807) is 42.5 Å². The first-order valence-electron chi connectivity index (χ1n) is 9.29. The molecule has 0 bridgehead atoms. The number of para-hydroxylation sites is 1. The molecule has 4 aromatic rings. The third-order valence-corrected chi connectivity index (χ3v) is 6.95. The topological polar surface area (TPSA) is 128 Å². The maximum atomic E-state index is 13.2. The van der Waals surface area contributed by atoms with Gasteiger partial charge in [-0.1, -0.05) is 75.8 Å². The van der Waals surface area contributed by atoms with Gasteiger partial charge < -0.3 is 11.1 Å². The van der Waals surface area contributed by atoms with Crippen LogP contribution in [0.25, 0.3) is 22.4 Å². The fourth-order valence-electron chi connectivity index (χ4n) is 3.27. The number of nitrogens with two attached hydrogens (primary N) is 2. The van der Waals surface area contributed by atoms with E-state index in [0.29, 0.717) is 27.4 Å². The van der Waals surface area contributed by atoms with Gasteiger partial charge in [0.05, 0.1) is 10.6 Å². The zero-order chi connectivity index (χ0) is 22.9. The molecule has 0 aliphatic carbocycles. The van der Waals surface area contributed by atoms with Gasteiger partial charge in [0.1, 0.15) is 4.88 Å². The molecule has 5 N–H and O–H groups in total. The number of nitrogen functional groups attached to an aromatic ring is 1. The van der Waals surface area contributed by atoms with Crippen molar-refractivity contribution in [3.8, 4) is 22.4 Å². The Bertz CT molecular complexity index is 1430. The second kappa shape index (κ2) is 8.83. The standard InChI is InChI=1S/C22H17BrN4O3S2/c23-14-7-5-6-13(12-14)19-20(31-22(24)27-19)21(28)26-17-10-3-1-8-15(17)16-9-2-4-11-18(16)32(25,29)30/h1-12H,(H2,24,27)(H,26,28)(H2,25,29,30). The van der Waals surface area contributed by atoms with Crippen molar-refractivity contribution in [3.63, 3.8) is 0 Å². The first-order valence-corrected chi connectivity index (χ1v) is 12.4. The summed E-state index contributed by atoms with van der Waals surface area (Å²) in [5.74, 6) is -0.408. The number of carbonyl (C=O) groups is 1. The maximum absolute atomic E-state index is 13.2. The van der Waals surface area contributed by atoms with Gasteiger partial charge in [0.15, 0.2) is 5.13 Å². The SMILES string of the molecule is Nc1nc(-c2cccc(Br)c2)c(C(=O)Nc2ccccc2-c2ccccc2S(N)(=O)=O)s1. The number of nitrogens with zero attached hydrogens (tertiary/aromatic N) is 1. The molecule has 0 aliphatic heterocycles. The van der Waals surface area contributed by atoms with E-state index in [1.165, 1.54) is 6.07 Å². The van der Waals surface area contributed by atoms with Crippen LogP contribution in [0.15, 0.2) is 82.2 Å². The van der Waals surface area contributed by atoms with Crippen molar-refractivity contribution < 1.29 is 13.2 Å². The zero-order valence-corrected chi connectivity index (χ0v) is 19.7. The highest BCUT2D eigenvalue weighted by Gasteiger charge is 2.22. The number of anilines is 2. The van der Waals surface area contributed by atoms with Gasteiger partial charge in [-0.3, -0.25) is 4.79 Å². The predicted molar refractivity (Wildman–Crippen MR) is 131 cm³/mol. The van der Waals surface area contributed by atoms with Crippen molar-refractivity contribution in [1.29, 1.82) is 0 Å². The van der Waals surface area contributed by atoms with Gasteiger partial charge in [-0.15, -0.1) is 0 Å². The average Bonchev–Trinajstić information content (AvgIpc) is 3.15. The van der Waals surface area contributed by atoms with E-state index in [0.717, 1.165) is 21.4 Å². The van der Waals surface area contributed by atoms with Crippen LogP contribution in [0, 0.1) is 0 Å². The first-order chi connectivity index (χ1) is 15.2. The molecular weight excluding hydrogens is 512 g/mol. The summed E-state index contributed by atoms with van der Waals surface area (Å²) in [6.45, 7) is 0. The number of halogens is 1. The van der Waals surface area contributed by atoms with E-state index >= 15 is 0 Å². The summed E-state index contributed by atoms with van der Waals surface area (Å²) in [5, 5.41) is 8.53. The molecule has 1 amide bonds. The summed E-state index contributed by atoms with van der Waals surface area (Å²) in [5.41, 5.74) is 8.46. The molecule has 0 saturated carbocycles. The minimum Gasteiger partial charge on any atom is -0.375 e. The maximum Gasteiger partial charge on any atom is 0.268 e. The molecule has 32 heavy (non-hydrogen) atoms. The van der Waals surface area contributed by atoms with Crippen LogP contribution in [0.3, 0.4) is 0 Å². The van der Waals surface area contributed by atoms with E-state index in [2.05, 4.69) is 26.2 Å². The average molecular weight is 529 g/mol. The summed E-state index contributed by atoms with van der Waals surface area (Å²) >= 11 is 4.50. The number of sulfonamides is 1. The summed E-state index contributed by atoms with van der Waals surface area (Å²) in [4.78, 5) is 17.9. The van der Waals surface area contributed by atoms with Crippen LogP contribution < -0.4 is 16.2 Å². The molecule has 162 valence electrons. The second-order valence-corrected chi connectivity index (χ2v) is 10.3. The molecule has 0 atom stereocenters. The van der Waals surface area contributed by atoms with E-state index < -0.39 is 15.9 Å². The number of aromatic nitrogens is 1. The molecule has 0 spiro atoms. The molecule has 1 aromatic heterocycles. The van der Waals surface area contributed by atoms with Crippen LogP contribution >= 0.6 is 27.3 Å². The Kier molecular flexibility index (Phi) is 6.11. The first kappa shape index (κ1) is 22.2. The van der Waals surface area contributed by atoms with Crippen LogP contribution in [-0.4, -0.2) is 19.3 Å². The van der Waals surface area contributed by atoms with E-state index in [4.69, 9.17) is 10.9 Å². The fourth-order valence-corrected chi connectivity index (χ4v) is 5.17. The molecule has 7 nitrogen and oxygen atoms in total. The molecule has 0 saturated heterocycles. The summed E-state index contributed by atoms with van der Waals surface area (Å²) in [7, 11) is -3.96. The number of thiazole rings is 1. The number of primary sulfonamides is 1. The highest BCUT2D eigenvalue weighted by atomic mass is 79.9. The fraction of sp³-hybridized carbons (Fsp3) is 0. The lowest BCUT2D eigenvalue weighted by atomic mass is 10.0. The molecule has 4 rings (SSSR count). The number of carbonyl (C=O) groups excluding carboxylic acids is 1. The molecular formula is C22H17BrN4O3S2. The van der Waals surface area contributed by atoms with Crippen molar-refractivity contribution in [1.82, 2.24) is 4.98 Å². The van der Waals surface area contributed by atoms with Crippen molar-refractivity contribution in [2.24, 2.45) is 5.14 Å². The number of rotatable bonds is 5. The predicted octanol–water partition coefficient (Wildman–Crippen LogP) is 4.72. The Labute approximate surface area is 197 Å². The highest BCUT2D eigenvalue weighted by molar-refractivity contribution is 9.10. The molecule has 1 heterocycles. The number of nitrogens with one attached hydrogen (secondary N) is 1. The Morgan fingerprint density at radius 1 is 0.969 bits per heavy atom. The van der Waals surface area contributed by atoms with E-state index in [1.807, 2.05) is 24.3 Å². The van der Waals surface area contributed by atoms with Crippen molar-refractivity contribution in [3.05, 3.63) is 82.1 Å². The Morgan fingerprint density at radius 3 is 2.38 bits per heavy atom. The van der Waals surface area contributed by atoms with Gasteiger partial charge in [-0.2, -0.15) is 0 Å². The van der Waals surface area contributed by atoms with Crippen molar-refractivity contribution >= 4 is 54.0 Å². The largest absolute Gasteiger partial charge is 0.375 e. The van der Waals surface area contributed by atoms with Crippen molar-refractivity contribution in [2.45, 2.75) is 4.90 Å². The van der Waals surface area contributed by atoms with Crippen LogP contribution in [0.5, 0.6) is 0 Å². The van der Waals surface area contributed by atoms with Crippen molar-refractivity contribution in [2.75, 3.05) is 11.1 Å². The van der Waals surface area contributed by atoms with Crippen LogP contribution in [-0.2, 0) is 10.0 Å². The second-order valence-electron chi connectivity index (χ2n) is 6.78. The number of amides is 1. The monoisotopic (exact) mass is 528 g/mol. The number of hydrogen-bond acceptors (Lipinski definition) is 6. The Morgan fingerprint density at radius 2 is 1.66 bits per heavy atom. The van der Waals surface area contributed by atoms with Crippen LogP contribution in [0.4, 0.5) is 10.8 Å². The van der Waals surface area contributed by atoms with Gasteiger partial charge in [0.25, 0.3) is 5.91 Å². The smallest absolute Gasteiger partial charge is 0.268 e. The summed E-state index contributed by atoms with van der Waals surface area (Å²) in [6.07, 6.45) is 0. The van der Waals surface area contributed by atoms with Gasteiger partial charge in [-0.05, 0) is 24.3 Å². The quantitative estimate of drug-likeness (QED) is 0.345. The third kappa shape index (κ3) is 4.58. The molecule has 0 unspecified atom stereocenters. The van der Waals surface area contributed by atoms with Gasteiger partial charge in [0.2, 0.25) is 10.0 Å². The van der Waals surface area contributed by atoms with Gasteiger partial charge in [0, 0.05) is 26.9 Å². The van der Waals surface area contributed by atoms with E-state index in [-0.39, 0.29) is 10.0 Å². The molecule has 3 aromatic carbocycles. The van der Waals surface area contributed by atoms with Crippen LogP contribution in [0.2, 0.25) is 0 Å². The third-order valence-electron chi connectivity index (χ3n) is 4.61. The summed E-state index contributed by atoms with van der Waals surface area (Å²) in [6, 6.07) is 20.7. The lowest BCUT2D eigenvalue weighted by Gasteiger charge is -2.14.